The van der Waals surface area contributed by atoms with Crippen LogP contribution in [-0.2, 0) is 7.05 Å². The molecule has 0 aliphatic heterocycles. The van der Waals surface area contributed by atoms with Crippen LogP contribution < -0.4 is 5.32 Å². The number of benzene rings is 1. The van der Waals surface area contributed by atoms with Crippen LogP contribution in [0.5, 0.6) is 0 Å². The van der Waals surface area contributed by atoms with Gasteiger partial charge in [0.2, 0.25) is 0 Å². The molecule has 0 spiro atoms. The lowest BCUT2D eigenvalue weighted by Crippen LogP contribution is -2.38. The number of amides is 1. The van der Waals surface area contributed by atoms with Gasteiger partial charge in [-0.25, -0.2) is 19.0 Å². The molecular weight excluding hydrogens is 413 g/mol. The van der Waals surface area contributed by atoms with Crippen molar-refractivity contribution in [1.29, 1.82) is 0 Å². The molecule has 32 heavy (non-hydrogen) atoms. The standard InChI is InChI=1S/C22H22FN7O2/c1-22(2,32)12-25-21(31)14-8-9-18(24-10-14)30-11-17(26-13-30)20-19(27-28-29(20)3)15-6-4-5-7-16(15)23/h4-11,13,32H,12H2,1-3H3,(H,25,31). The molecule has 0 radical (unpaired) electrons. The van der Waals surface area contributed by atoms with Crippen LogP contribution in [0.4, 0.5) is 4.39 Å². The van der Waals surface area contributed by atoms with Crippen molar-refractivity contribution in [3.05, 3.63) is 66.5 Å². The van der Waals surface area contributed by atoms with Crippen molar-refractivity contribution in [2.45, 2.75) is 19.4 Å². The van der Waals surface area contributed by atoms with Gasteiger partial charge in [0.15, 0.2) is 0 Å². The number of pyridine rings is 1. The van der Waals surface area contributed by atoms with Gasteiger partial charge in [0.05, 0.1) is 11.2 Å². The van der Waals surface area contributed by atoms with Crippen molar-refractivity contribution in [3.63, 3.8) is 0 Å². The molecular formula is C22H22FN7O2. The van der Waals surface area contributed by atoms with Crippen LogP contribution >= 0.6 is 0 Å². The molecule has 1 aromatic carbocycles. The van der Waals surface area contributed by atoms with Crippen LogP contribution in [0.15, 0.2) is 55.1 Å². The van der Waals surface area contributed by atoms with E-state index in [1.54, 1.807) is 68.3 Å². The van der Waals surface area contributed by atoms with Gasteiger partial charge in [0.1, 0.15) is 35.0 Å². The highest BCUT2D eigenvalue weighted by molar-refractivity contribution is 5.94. The number of imidazole rings is 1. The number of aliphatic hydroxyl groups is 1. The minimum atomic E-state index is -1.00. The molecule has 0 aliphatic rings. The number of rotatable bonds is 6. The first-order valence-corrected chi connectivity index (χ1v) is 9.89. The van der Waals surface area contributed by atoms with Crippen LogP contribution in [0.3, 0.4) is 0 Å². The van der Waals surface area contributed by atoms with Gasteiger partial charge in [0, 0.05) is 31.5 Å². The number of carbonyl (C=O) groups excluding carboxylic acids is 1. The first kappa shape index (κ1) is 21.3. The highest BCUT2D eigenvalue weighted by atomic mass is 19.1. The van der Waals surface area contributed by atoms with Crippen LogP contribution in [0, 0.1) is 5.82 Å². The van der Waals surface area contributed by atoms with Gasteiger partial charge in [-0.1, -0.05) is 17.3 Å². The van der Waals surface area contributed by atoms with E-state index in [1.807, 2.05) is 0 Å². The fraction of sp³-hybridized carbons (Fsp3) is 0.227. The van der Waals surface area contributed by atoms with Crippen molar-refractivity contribution in [2.24, 2.45) is 7.05 Å². The summed E-state index contributed by atoms with van der Waals surface area (Å²) in [7, 11) is 1.71. The smallest absolute Gasteiger partial charge is 0.252 e. The summed E-state index contributed by atoms with van der Waals surface area (Å²) in [5.74, 6) is -0.174. The van der Waals surface area contributed by atoms with Gasteiger partial charge >= 0.3 is 0 Å². The number of carbonyl (C=O) groups is 1. The number of nitrogens with zero attached hydrogens (tertiary/aromatic N) is 6. The third kappa shape index (κ3) is 4.40. The Morgan fingerprint density at radius 3 is 2.66 bits per heavy atom. The summed E-state index contributed by atoms with van der Waals surface area (Å²) in [6.07, 6.45) is 4.76. The number of nitrogens with one attached hydrogen (secondary N) is 1. The Labute approximate surface area is 183 Å². The second-order valence-corrected chi connectivity index (χ2v) is 7.96. The molecule has 9 nitrogen and oxygen atoms in total. The van der Waals surface area contributed by atoms with Crippen molar-refractivity contribution >= 4 is 5.91 Å². The molecule has 4 aromatic rings. The van der Waals surface area contributed by atoms with Crippen LogP contribution in [0.2, 0.25) is 0 Å². The highest BCUT2D eigenvalue weighted by Gasteiger charge is 2.20. The van der Waals surface area contributed by atoms with Crippen LogP contribution in [0.1, 0.15) is 24.2 Å². The Morgan fingerprint density at radius 2 is 1.97 bits per heavy atom. The minimum absolute atomic E-state index is 0.127. The fourth-order valence-corrected chi connectivity index (χ4v) is 3.12. The molecule has 2 N–H and O–H groups in total. The molecule has 0 unspecified atom stereocenters. The largest absolute Gasteiger partial charge is 0.389 e. The lowest BCUT2D eigenvalue weighted by atomic mass is 10.1. The Bertz CT molecular complexity index is 1260. The summed E-state index contributed by atoms with van der Waals surface area (Å²) in [5, 5.41) is 20.5. The quantitative estimate of drug-likeness (QED) is 0.481. The van der Waals surface area contributed by atoms with Gasteiger partial charge < -0.3 is 10.4 Å². The zero-order valence-corrected chi connectivity index (χ0v) is 17.8. The maximum Gasteiger partial charge on any atom is 0.252 e. The Kier molecular flexibility index (Phi) is 5.54. The van der Waals surface area contributed by atoms with E-state index in [-0.39, 0.29) is 12.5 Å². The highest BCUT2D eigenvalue weighted by Crippen LogP contribution is 2.30. The van der Waals surface area contributed by atoms with Crippen molar-refractivity contribution in [1.82, 2.24) is 34.8 Å². The molecule has 0 bridgehead atoms. The third-order valence-corrected chi connectivity index (χ3v) is 4.74. The lowest BCUT2D eigenvalue weighted by molar-refractivity contribution is 0.0694. The van der Waals surface area contributed by atoms with E-state index in [0.717, 1.165) is 0 Å². The molecule has 0 atom stereocenters. The van der Waals surface area contributed by atoms with Crippen molar-refractivity contribution in [2.75, 3.05) is 6.54 Å². The lowest BCUT2D eigenvalue weighted by Gasteiger charge is -2.17. The van der Waals surface area contributed by atoms with E-state index in [0.29, 0.717) is 34.0 Å². The molecule has 164 valence electrons. The Morgan fingerprint density at radius 1 is 1.19 bits per heavy atom. The molecule has 4 rings (SSSR count). The average Bonchev–Trinajstić information content (AvgIpc) is 3.38. The molecule has 1 amide bonds. The number of halogens is 1. The van der Waals surface area contributed by atoms with Gasteiger partial charge in [-0.3, -0.25) is 9.36 Å². The maximum absolute atomic E-state index is 14.3. The van der Waals surface area contributed by atoms with Crippen LogP contribution in [0.25, 0.3) is 28.5 Å². The van der Waals surface area contributed by atoms with Gasteiger partial charge in [-0.05, 0) is 38.1 Å². The zero-order chi connectivity index (χ0) is 22.9. The second kappa shape index (κ2) is 8.31. The number of aromatic nitrogens is 6. The molecule has 0 fully saturated rings. The van der Waals surface area contributed by atoms with E-state index in [4.69, 9.17) is 0 Å². The van der Waals surface area contributed by atoms with E-state index in [1.165, 1.54) is 16.9 Å². The SMILES string of the molecule is Cn1nnc(-c2ccccc2F)c1-c1cn(-c2ccc(C(=O)NCC(C)(C)O)cn2)cn1. The number of hydrogen-bond acceptors (Lipinski definition) is 6. The fourth-order valence-electron chi connectivity index (χ4n) is 3.12. The molecule has 0 saturated heterocycles. The summed E-state index contributed by atoms with van der Waals surface area (Å²) >= 11 is 0. The zero-order valence-electron chi connectivity index (χ0n) is 17.8. The maximum atomic E-state index is 14.3. The first-order valence-electron chi connectivity index (χ1n) is 9.89. The monoisotopic (exact) mass is 435 g/mol. The topological polar surface area (TPSA) is 111 Å². The van der Waals surface area contributed by atoms with Gasteiger partial charge in [-0.2, -0.15) is 0 Å². The Balaban J connectivity index is 1.59. The summed E-state index contributed by atoms with van der Waals surface area (Å²) in [4.78, 5) is 21.0. The number of hydrogen-bond donors (Lipinski definition) is 2. The molecule has 3 aromatic heterocycles. The summed E-state index contributed by atoms with van der Waals surface area (Å²) in [6, 6.07) is 9.68. The van der Waals surface area contributed by atoms with E-state index >= 15 is 0 Å². The summed E-state index contributed by atoms with van der Waals surface area (Å²) < 4.78 is 17.5. The van der Waals surface area contributed by atoms with E-state index in [2.05, 4.69) is 25.6 Å². The predicted molar refractivity (Wildman–Crippen MR) is 115 cm³/mol. The third-order valence-electron chi connectivity index (χ3n) is 4.74. The van der Waals surface area contributed by atoms with E-state index in [9.17, 15) is 14.3 Å². The summed E-state index contributed by atoms with van der Waals surface area (Å²) in [5.41, 5.74) is 1.21. The molecule has 0 saturated carbocycles. The summed E-state index contributed by atoms with van der Waals surface area (Å²) in [6.45, 7) is 3.35. The molecule has 10 heteroatoms. The average molecular weight is 435 g/mol. The molecule has 3 heterocycles. The second-order valence-electron chi connectivity index (χ2n) is 7.96. The first-order chi connectivity index (χ1) is 15.2. The van der Waals surface area contributed by atoms with Crippen molar-refractivity contribution in [3.8, 4) is 28.5 Å². The Hall–Kier alpha value is -3.92. The van der Waals surface area contributed by atoms with Gasteiger partial charge in [-0.15, -0.1) is 5.10 Å². The van der Waals surface area contributed by atoms with Crippen LogP contribution in [-0.4, -0.2) is 52.7 Å². The normalized spacial score (nSPS) is 11.5. The minimum Gasteiger partial charge on any atom is -0.389 e. The molecule has 0 aliphatic carbocycles. The van der Waals surface area contributed by atoms with E-state index < -0.39 is 11.4 Å². The predicted octanol–water partition coefficient (Wildman–Crippen LogP) is 2.37. The van der Waals surface area contributed by atoms with Crippen molar-refractivity contribution < 1.29 is 14.3 Å². The number of aryl methyl sites for hydroxylation is 1. The van der Waals surface area contributed by atoms with Gasteiger partial charge in [0.25, 0.3) is 5.91 Å².